The van der Waals surface area contributed by atoms with Crippen LogP contribution < -0.4 is 10.2 Å². The number of piperazine rings is 1. The third-order valence-corrected chi connectivity index (χ3v) is 5.92. The first-order chi connectivity index (χ1) is 10.3. The van der Waals surface area contributed by atoms with Crippen molar-refractivity contribution in [3.8, 4) is 0 Å². The highest BCUT2D eigenvalue weighted by molar-refractivity contribution is 7.15. The molecule has 1 atom stereocenters. The number of anilines is 1. The van der Waals surface area contributed by atoms with Crippen molar-refractivity contribution in [2.24, 2.45) is 0 Å². The molecular weight excluding hydrogens is 280 g/mol. The molecule has 2 fully saturated rings. The first kappa shape index (κ1) is 15.3. The van der Waals surface area contributed by atoms with E-state index in [1.165, 1.54) is 61.0 Å². The summed E-state index contributed by atoms with van der Waals surface area (Å²) in [7, 11) is 0. The fourth-order valence-electron chi connectivity index (χ4n) is 3.42. The lowest BCUT2D eigenvalue weighted by atomic mass is 10.00. The van der Waals surface area contributed by atoms with Gasteiger partial charge in [-0.15, -0.1) is 11.3 Å². The van der Waals surface area contributed by atoms with Crippen molar-refractivity contribution < 1.29 is 0 Å². The molecule has 0 aliphatic carbocycles. The van der Waals surface area contributed by atoms with Gasteiger partial charge in [-0.05, 0) is 39.3 Å². The summed E-state index contributed by atoms with van der Waals surface area (Å²) in [5, 5.41) is 4.74. The van der Waals surface area contributed by atoms with Crippen LogP contribution in [0.3, 0.4) is 0 Å². The second-order valence-electron chi connectivity index (χ2n) is 6.31. The molecule has 118 valence electrons. The third-order valence-electron chi connectivity index (χ3n) is 4.70. The molecule has 2 saturated heterocycles. The molecule has 0 aromatic carbocycles. The molecule has 3 heterocycles. The van der Waals surface area contributed by atoms with E-state index >= 15 is 0 Å². The molecule has 1 N–H and O–H groups in total. The van der Waals surface area contributed by atoms with Gasteiger partial charge in [-0.25, -0.2) is 4.98 Å². The zero-order chi connectivity index (χ0) is 14.7. The lowest BCUT2D eigenvalue weighted by Crippen LogP contribution is -2.54. The third kappa shape index (κ3) is 3.58. The molecule has 5 heteroatoms. The number of aryl methyl sites for hydroxylation is 1. The number of thiazole rings is 1. The van der Waals surface area contributed by atoms with Crippen LogP contribution in [0.25, 0.3) is 0 Å². The predicted molar refractivity (Wildman–Crippen MR) is 90.3 cm³/mol. The summed E-state index contributed by atoms with van der Waals surface area (Å²) in [5.74, 6) is 0. The van der Waals surface area contributed by atoms with Crippen molar-refractivity contribution in [1.29, 1.82) is 0 Å². The Morgan fingerprint density at radius 3 is 3.05 bits per heavy atom. The predicted octanol–water partition coefficient (Wildman–Crippen LogP) is 2.63. The second-order valence-corrected chi connectivity index (χ2v) is 7.38. The molecule has 3 rings (SSSR count). The maximum absolute atomic E-state index is 4.84. The van der Waals surface area contributed by atoms with Crippen LogP contribution in [0, 0.1) is 6.92 Å². The maximum atomic E-state index is 4.84. The summed E-state index contributed by atoms with van der Waals surface area (Å²) in [5.41, 5.74) is 1.21. The van der Waals surface area contributed by atoms with Gasteiger partial charge < -0.3 is 10.2 Å². The molecule has 21 heavy (non-hydrogen) atoms. The maximum Gasteiger partial charge on any atom is 0.185 e. The number of nitrogens with zero attached hydrogens (tertiary/aromatic N) is 3. The molecule has 2 aliphatic heterocycles. The van der Waals surface area contributed by atoms with Crippen LogP contribution in [0.5, 0.6) is 0 Å². The van der Waals surface area contributed by atoms with Crippen molar-refractivity contribution in [2.45, 2.75) is 52.1 Å². The van der Waals surface area contributed by atoms with Gasteiger partial charge in [0.25, 0.3) is 0 Å². The van der Waals surface area contributed by atoms with Crippen LogP contribution in [0.15, 0.2) is 0 Å². The number of nitrogens with one attached hydrogen (secondary N) is 1. The molecule has 0 saturated carbocycles. The SMILES string of the molecule is CCCNCc1sc(N2CCN3CCCCC3C2)nc1C. The van der Waals surface area contributed by atoms with Gasteiger partial charge in [-0.2, -0.15) is 0 Å². The topological polar surface area (TPSA) is 31.4 Å². The van der Waals surface area contributed by atoms with Gasteiger partial charge in [0.1, 0.15) is 0 Å². The molecule has 0 bridgehead atoms. The highest BCUT2D eigenvalue weighted by Gasteiger charge is 2.30. The summed E-state index contributed by atoms with van der Waals surface area (Å²) in [6, 6.07) is 0.762. The lowest BCUT2D eigenvalue weighted by molar-refractivity contribution is 0.133. The molecule has 0 amide bonds. The van der Waals surface area contributed by atoms with Gasteiger partial charge in [0.2, 0.25) is 0 Å². The monoisotopic (exact) mass is 308 g/mol. The molecule has 2 aliphatic rings. The van der Waals surface area contributed by atoms with Crippen molar-refractivity contribution in [3.63, 3.8) is 0 Å². The van der Waals surface area contributed by atoms with E-state index in [0.717, 1.165) is 25.7 Å². The minimum Gasteiger partial charge on any atom is -0.345 e. The molecule has 1 aromatic rings. The number of hydrogen-bond donors (Lipinski definition) is 1. The van der Waals surface area contributed by atoms with Crippen LogP contribution in [-0.2, 0) is 6.54 Å². The van der Waals surface area contributed by atoms with Gasteiger partial charge in [0, 0.05) is 37.1 Å². The summed E-state index contributed by atoms with van der Waals surface area (Å²) in [6.07, 6.45) is 5.35. The summed E-state index contributed by atoms with van der Waals surface area (Å²) in [6.45, 7) is 11.3. The Morgan fingerprint density at radius 1 is 1.29 bits per heavy atom. The van der Waals surface area contributed by atoms with Gasteiger partial charge >= 0.3 is 0 Å². The molecule has 1 unspecified atom stereocenters. The Bertz CT molecular complexity index is 459. The summed E-state index contributed by atoms with van der Waals surface area (Å²) >= 11 is 1.89. The molecule has 1 aromatic heterocycles. The van der Waals surface area contributed by atoms with Crippen LogP contribution >= 0.6 is 11.3 Å². The minimum atomic E-state index is 0.762. The first-order valence-electron chi connectivity index (χ1n) is 8.44. The average molecular weight is 308 g/mol. The van der Waals surface area contributed by atoms with Crippen LogP contribution in [0.4, 0.5) is 5.13 Å². The van der Waals surface area contributed by atoms with E-state index in [0.29, 0.717) is 0 Å². The number of piperidine rings is 1. The zero-order valence-corrected chi connectivity index (χ0v) is 14.2. The van der Waals surface area contributed by atoms with Gasteiger partial charge in [-0.3, -0.25) is 4.90 Å². The van der Waals surface area contributed by atoms with Crippen LogP contribution in [0.2, 0.25) is 0 Å². The first-order valence-corrected chi connectivity index (χ1v) is 9.25. The van der Waals surface area contributed by atoms with E-state index in [9.17, 15) is 0 Å². The van der Waals surface area contributed by atoms with Gasteiger partial charge in [-0.1, -0.05) is 13.3 Å². The number of fused-ring (bicyclic) bond motifs is 1. The molecular formula is C16H28N4S. The van der Waals surface area contributed by atoms with Crippen molar-refractivity contribution in [3.05, 3.63) is 10.6 Å². The standard InChI is InChI=1S/C16H28N4S/c1-3-7-17-11-15-13(2)18-16(21-15)20-10-9-19-8-5-4-6-14(19)12-20/h14,17H,3-12H2,1-2H3. The van der Waals surface area contributed by atoms with Crippen LogP contribution in [-0.4, -0.2) is 48.6 Å². The number of aromatic nitrogens is 1. The Balaban J connectivity index is 1.62. The smallest absolute Gasteiger partial charge is 0.185 e. The number of hydrogen-bond acceptors (Lipinski definition) is 5. The number of rotatable bonds is 5. The summed E-state index contributed by atoms with van der Waals surface area (Å²) < 4.78 is 0. The van der Waals surface area contributed by atoms with E-state index in [4.69, 9.17) is 4.98 Å². The zero-order valence-electron chi connectivity index (χ0n) is 13.4. The van der Waals surface area contributed by atoms with E-state index in [-0.39, 0.29) is 0 Å². The van der Waals surface area contributed by atoms with Crippen LogP contribution in [0.1, 0.15) is 43.2 Å². The fraction of sp³-hybridized carbons (Fsp3) is 0.812. The van der Waals surface area contributed by atoms with Gasteiger partial charge in [0.15, 0.2) is 5.13 Å². The highest BCUT2D eigenvalue weighted by Crippen LogP contribution is 2.30. The van der Waals surface area contributed by atoms with E-state index in [1.807, 2.05) is 11.3 Å². The Morgan fingerprint density at radius 2 is 2.19 bits per heavy atom. The quantitative estimate of drug-likeness (QED) is 0.847. The Hall–Kier alpha value is -0.650. The van der Waals surface area contributed by atoms with Crippen molar-refractivity contribution in [1.82, 2.24) is 15.2 Å². The van der Waals surface area contributed by atoms with Crippen molar-refractivity contribution in [2.75, 3.05) is 37.6 Å². The molecule has 4 nitrogen and oxygen atoms in total. The minimum absolute atomic E-state index is 0.762. The molecule has 0 radical (unpaired) electrons. The Labute approximate surface area is 132 Å². The van der Waals surface area contributed by atoms with E-state index in [1.54, 1.807) is 0 Å². The van der Waals surface area contributed by atoms with Gasteiger partial charge in [0.05, 0.1) is 5.69 Å². The fourth-order valence-corrected chi connectivity index (χ4v) is 4.49. The van der Waals surface area contributed by atoms with E-state index < -0.39 is 0 Å². The summed E-state index contributed by atoms with van der Waals surface area (Å²) in [4.78, 5) is 11.4. The molecule has 0 spiro atoms. The normalized spacial score (nSPS) is 23.3. The second kappa shape index (κ2) is 7.07. The average Bonchev–Trinajstić information content (AvgIpc) is 2.88. The highest BCUT2D eigenvalue weighted by atomic mass is 32.1. The lowest BCUT2D eigenvalue weighted by Gasteiger charge is -2.44. The van der Waals surface area contributed by atoms with Crippen molar-refractivity contribution >= 4 is 16.5 Å². The Kier molecular flexibility index (Phi) is 5.14. The largest absolute Gasteiger partial charge is 0.345 e. The van der Waals surface area contributed by atoms with E-state index in [2.05, 4.69) is 29.0 Å².